The van der Waals surface area contributed by atoms with E-state index < -0.39 is 6.04 Å². The Bertz CT molecular complexity index is 866. The van der Waals surface area contributed by atoms with Crippen LogP contribution >= 0.6 is 0 Å². The van der Waals surface area contributed by atoms with Gasteiger partial charge in [0, 0.05) is 11.1 Å². The summed E-state index contributed by atoms with van der Waals surface area (Å²) in [5.41, 5.74) is 3.89. The molecular weight excluding hydrogens is 300 g/mol. The van der Waals surface area contributed by atoms with Crippen molar-refractivity contribution in [1.29, 1.82) is 0 Å². The lowest BCUT2D eigenvalue weighted by Crippen LogP contribution is -2.32. The fraction of sp³-hybridized carbons (Fsp3) is 0.211. The van der Waals surface area contributed by atoms with Crippen molar-refractivity contribution in [2.75, 3.05) is 10.6 Å². The van der Waals surface area contributed by atoms with Gasteiger partial charge < -0.3 is 10.6 Å². The number of para-hydroxylation sites is 1. The van der Waals surface area contributed by atoms with Crippen LogP contribution in [0, 0.1) is 13.8 Å². The zero-order valence-electron chi connectivity index (χ0n) is 14.0. The third-order valence-corrected chi connectivity index (χ3v) is 3.78. The molecule has 122 valence electrons. The minimum absolute atomic E-state index is 0.109. The molecule has 24 heavy (non-hydrogen) atoms. The number of fused-ring (bicyclic) bond motifs is 1. The van der Waals surface area contributed by atoms with Crippen LogP contribution in [0.3, 0.4) is 0 Å². The number of anilines is 2. The lowest BCUT2D eigenvalue weighted by molar-refractivity contribution is -0.116. The number of carbonyl (C=O) groups excluding carboxylic acids is 1. The first kappa shape index (κ1) is 15.9. The van der Waals surface area contributed by atoms with Gasteiger partial charge in [-0.1, -0.05) is 18.2 Å². The second-order valence-electron chi connectivity index (χ2n) is 5.97. The summed E-state index contributed by atoms with van der Waals surface area (Å²) in [6.07, 6.45) is 1.50. The molecule has 1 atom stereocenters. The van der Waals surface area contributed by atoms with Crippen molar-refractivity contribution in [3.8, 4) is 0 Å². The lowest BCUT2D eigenvalue weighted by atomic mass is 10.1. The van der Waals surface area contributed by atoms with Gasteiger partial charge in [-0.3, -0.25) is 4.79 Å². The number of aromatic nitrogens is 2. The SMILES string of the molecule is Cc1cc(C)cc(NC(=O)C(C)Nc2ncnc3ccccc23)c1. The molecule has 0 spiro atoms. The molecule has 3 rings (SSSR count). The average molecular weight is 320 g/mol. The minimum Gasteiger partial charge on any atom is -0.358 e. The monoisotopic (exact) mass is 320 g/mol. The molecule has 5 heteroatoms. The van der Waals surface area contributed by atoms with Gasteiger partial charge in [-0.05, 0) is 56.2 Å². The van der Waals surface area contributed by atoms with Crippen LogP contribution in [0.2, 0.25) is 0 Å². The van der Waals surface area contributed by atoms with Crippen molar-refractivity contribution in [2.45, 2.75) is 26.8 Å². The molecule has 0 aliphatic heterocycles. The van der Waals surface area contributed by atoms with E-state index >= 15 is 0 Å². The standard InChI is InChI=1S/C19H20N4O/c1-12-8-13(2)10-15(9-12)23-19(24)14(3)22-18-16-6-4-5-7-17(16)20-11-21-18/h4-11,14H,1-3H3,(H,23,24)(H,20,21,22). The van der Waals surface area contributed by atoms with E-state index in [2.05, 4.69) is 26.7 Å². The highest BCUT2D eigenvalue weighted by molar-refractivity contribution is 5.98. The molecule has 3 aromatic rings. The Morgan fingerprint density at radius 2 is 1.75 bits per heavy atom. The Balaban J connectivity index is 1.76. The fourth-order valence-corrected chi connectivity index (χ4v) is 2.69. The van der Waals surface area contributed by atoms with Gasteiger partial charge in [0.15, 0.2) is 0 Å². The molecule has 1 heterocycles. The summed E-state index contributed by atoms with van der Waals surface area (Å²) in [6, 6.07) is 13.3. The highest BCUT2D eigenvalue weighted by Gasteiger charge is 2.15. The normalized spacial score (nSPS) is 12.0. The van der Waals surface area contributed by atoms with Crippen LogP contribution in [0.15, 0.2) is 48.8 Å². The van der Waals surface area contributed by atoms with Crippen molar-refractivity contribution in [2.24, 2.45) is 0 Å². The number of carbonyl (C=O) groups is 1. The summed E-state index contributed by atoms with van der Waals surface area (Å²) in [6.45, 7) is 5.84. The Kier molecular flexibility index (Phi) is 4.42. The molecule has 0 aliphatic carbocycles. The molecule has 1 aromatic heterocycles. The van der Waals surface area contributed by atoms with Gasteiger partial charge in [0.1, 0.15) is 18.2 Å². The molecule has 2 N–H and O–H groups in total. The highest BCUT2D eigenvalue weighted by Crippen LogP contribution is 2.19. The summed E-state index contributed by atoms with van der Waals surface area (Å²) in [5.74, 6) is 0.548. The van der Waals surface area contributed by atoms with Crippen LogP contribution in [0.1, 0.15) is 18.1 Å². The van der Waals surface area contributed by atoms with Crippen LogP contribution < -0.4 is 10.6 Å². The van der Waals surface area contributed by atoms with E-state index in [4.69, 9.17) is 0 Å². The quantitative estimate of drug-likeness (QED) is 0.769. The summed E-state index contributed by atoms with van der Waals surface area (Å²) in [7, 11) is 0. The van der Waals surface area contributed by atoms with Crippen molar-refractivity contribution in [3.63, 3.8) is 0 Å². The minimum atomic E-state index is -0.427. The van der Waals surface area contributed by atoms with Gasteiger partial charge in [-0.15, -0.1) is 0 Å². The first-order valence-electron chi connectivity index (χ1n) is 7.88. The molecule has 0 saturated heterocycles. The van der Waals surface area contributed by atoms with E-state index in [1.165, 1.54) is 6.33 Å². The van der Waals surface area contributed by atoms with Crippen LogP contribution in [0.25, 0.3) is 10.9 Å². The summed E-state index contributed by atoms with van der Waals surface area (Å²) in [5, 5.41) is 7.01. The van der Waals surface area contributed by atoms with E-state index in [-0.39, 0.29) is 5.91 Å². The fourth-order valence-electron chi connectivity index (χ4n) is 2.69. The van der Waals surface area contributed by atoms with Crippen LogP contribution in [-0.2, 0) is 4.79 Å². The average Bonchev–Trinajstić information content (AvgIpc) is 2.54. The predicted octanol–water partition coefficient (Wildman–Crippen LogP) is 3.69. The number of nitrogens with zero attached hydrogens (tertiary/aromatic N) is 2. The predicted molar refractivity (Wildman–Crippen MR) is 97.2 cm³/mol. The molecule has 0 aliphatic rings. The maximum absolute atomic E-state index is 12.5. The van der Waals surface area contributed by atoms with E-state index in [1.807, 2.05) is 57.2 Å². The first-order chi connectivity index (χ1) is 11.5. The van der Waals surface area contributed by atoms with Crippen molar-refractivity contribution in [1.82, 2.24) is 9.97 Å². The van der Waals surface area contributed by atoms with Gasteiger partial charge in [-0.25, -0.2) is 9.97 Å². The van der Waals surface area contributed by atoms with Crippen molar-refractivity contribution >= 4 is 28.3 Å². The maximum Gasteiger partial charge on any atom is 0.246 e. The molecule has 0 radical (unpaired) electrons. The highest BCUT2D eigenvalue weighted by atomic mass is 16.2. The Morgan fingerprint density at radius 3 is 2.50 bits per heavy atom. The lowest BCUT2D eigenvalue weighted by Gasteiger charge is -2.16. The molecule has 0 bridgehead atoms. The Morgan fingerprint density at radius 1 is 1.04 bits per heavy atom. The zero-order valence-corrected chi connectivity index (χ0v) is 14.0. The van der Waals surface area contributed by atoms with E-state index in [0.29, 0.717) is 5.82 Å². The molecule has 1 amide bonds. The first-order valence-corrected chi connectivity index (χ1v) is 7.88. The van der Waals surface area contributed by atoms with E-state index in [1.54, 1.807) is 0 Å². The largest absolute Gasteiger partial charge is 0.358 e. The summed E-state index contributed by atoms with van der Waals surface area (Å²) < 4.78 is 0. The second-order valence-corrected chi connectivity index (χ2v) is 5.97. The van der Waals surface area contributed by atoms with E-state index in [9.17, 15) is 4.79 Å². The zero-order chi connectivity index (χ0) is 17.1. The number of rotatable bonds is 4. The van der Waals surface area contributed by atoms with E-state index in [0.717, 1.165) is 27.7 Å². The smallest absolute Gasteiger partial charge is 0.246 e. The van der Waals surface area contributed by atoms with Gasteiger partial charge in [-0.2, -0.15) is 0 Å². The summed E-state index contributed by atoms with van der Waals surface area (Å²) >= 11 is 0. The Labute approximate surface area is 141 Å². The number of aryl methyl sites for hydroxylation is 2. The number of amides is 1. The molecule has 0 fully saturated rings. The third kappa shape index (κ3) is 3.51. The topological polar surface area (TPSA) is 66.9 Å². The van der Waals surface area contributed by atoms with Crippen molar-refractivity contribution < 1.29 is 4.79 Å². The number of benzene rings is 2. The molecule has 2 aromatic carbocycles. The maximum atomic E-state index is 12.5. The Hall–Kier alpha value is -2.95. The third-order valence-electron chi connectivity index (χ3n) is 3.78. The number of nitrogens with one attached hydrogen (secondary N) is 2. The van der Waals surface area contributed by atoms with Crippen LogP contribution in [-0.4, -0.2) is 21.9 Å². The molecule has 0 saturated carbocycles. The summed E-state index contributed by atoms with van der Waals surface area (Å²) in [4.78, 5) is 21.0. The van der Waals surface area contributed by atoms with Gasteiger partial charge >= 0.3 is 0 Å². The van der Waals surface area contributed by atoms with Gasteiger partial charge in [0.2, 0.25) is 5.91 Å². The van der Waals surface area contributed by atoms with Crippen molar-refractivity contribution in [3.05, 3.63) is 59.9 Å². The van der Waals surface area contributed by atoms with Crippen LogP contribution in [0.5, 0.6) is 0 Å². The van der Waals surface area contributed by atoms with Gasteiger partial charge in [0.25, 0.3) is 0 Å². The molecular formula is C19H20N4O. The van der Waals surface area contributed by atoms with Crippen LogP contribution in [0.4, 0.5) is 11.5 Å². The molecule has 5 nitrogen and oxygen atoms in total. The van der Waals surface area contributed by atoms with Gasteiger partial charge in [0.05, 0.1) is 5.52 Å². The number of hydrogen-bond acceptors (Lipinski definition) is 4. The second kappa shape index (κ2) is 6.66. The molecule has 1 unspecified atom stereocenters. The number of hydrogen-bond donors (Lipinski definition) is 2.